The minimum absolute atomic E-state index is 0.252. The van der Waals surface area contributed by atoms with Crippen LogP contribution in [0.5, 0.6) is 5.75 Å². The number of methoxy groups -OCH3 is 1. The van der Waals surface area contributed by atoms with E-state index in [1.165, 1.54) is 0 Å². The molecule has 0 atom stereocenters. The Labute approximate surface area is 175 Å². The number of nitrogens with zero attached hydrogens (tertiary/aromatic N) is 2. The first kappa shape index (κ1) is 21.2. The summed E-state index contributed by atoms with van der Waals surface area (Å²) in [6, 6.07) is 16.3. The molecule has 8 nitrogen and oxygen atoms in total. The van der Waals surface area contributed by atoms with Crippen LogP contribution in [0, 0.1) is 0 Å². The Morgan fingerprint density at radius 1 is 0.933 bits per heavy atom. The van der Waals surface area contributed by atoms with Crippen LogP contribution in [-0.2, 0) is 14.3 Å². The first-order valence-corrected chi connectivity index (χ1v) is 9.73. The van der Waals surface area contributed by atoms with Crippen LogP contribution in [0.25, 0.3) is 0 Å². The number of benzene rings is 2. The van der Waals surface area contributed by atoms with Crippen molar-refractivity contribution in [3.63, 3.8) is 0 Å². The van der Waals surface area contributed by atoms with Crippen LogP contribution in [0.2, 0.25) is 0 Å². The van der Waals surface area contributed by atoms with Crippen molar-refractivity contribution in [3.05, 3.63) is 60.2 Å². The minimum Gasteiger partial charge on any atom is -0.495 e. The Bertz CT molecular complexity index is 879. The predicted octanol–water partition coefficient (Wildman–Crippen LogP) is 1.32. The zero-order valence-corrected chi connectivity index (χ0v) is 16.9. The normalized spacial score (nSPS) is 13.5. The number of carbonyl (C=O) groups is 3. The molecule has 0 aromatic heterocycles. The molecule has 0 unspecified atom stereocenters. The van der Waals surface area contributed by atoms with E-state index in [-0.39, 0.29) is 25.0 Å². The van der Waals surface area contributed by atoms with E-state index < -0.39 is 5.97 Å². The summed E-state index contributed by atoms with van der Waals surface area (Å²) in [5, 5.41) is 2.48. The van der Waals surface area contributed by atoms with Crippen molar-refractivity contribution in [2.24, 2.45) is 0 Å². The van der Waals surface area contributed by atoms with Crippen LogP contribution >= 0.6 is 0 Å². The summed E-state index contributed by atoms with van der Waals surface area (Å²) in [6.45, 7) is 1.75. The Kier molecular flexibility index (Phi) is 7.26. The van der Waals surface area contributed by atoms with E-state index in [9.17, 15) is 14.4 Å². The van der Waals surface area contributed by atoms with Crippen LogP contribution in [0.3, 0.4) is 0 Å². The third-order valence-electron chi connectivity index (χ3n) is 4.84. The van der Waals surface area contributed by atoms with E-state index in [0.29, 0.717) is 31.7 Å². The van der Waals surface area contributed by atoms with Gasteiger partial charge in [0.2, 0.25) is 0 Å². The van der Waals surface area contributed by atoms with Crippen molar-refractivity contribution in [2.45, 2.75) is 0 Å². The molecule has 1 heterocycles. The van der Waals surface area contributed by atoms with Crippen molar-refractivity contribution >= 4 is 23.5 Å². The number of piperazine rings is 1. The van der Waals surface area contributed by atoms with E-state index in [1.54, 1.807) is 42.3 Å². The number of esters is 1. The molecule has 2 aromatic carbocycles. The van der Waals surface area contributed by atoms with E-state index >= 15 is 0 Å². The summed E-state index contributed by atoms with van der Waals surface area (Å²) in [4.78, 5) is 39.9. The molecule has 0 saturated carbocycles. The van der Waals surface area contributed by atoms with Crippen LogP contribution in [-0.4, -0.2) is 69.1 Å². The average Bonchev–Trinajstić information content (AvgIpc) is 2.81. The number of carbonyl (C=O) groups excluding carboxylic acids is 3. The Balaban J connectivity index is 1.39. The van der Waals surface area contributed by atoms with Crippen LogP contribution in [0.15, 0.2) is 54.6 Å². The highest BCUT2D eigenvalue weighted by molar-refractivity contribution is 5.96. The van der Waals surface area contributed by atoms with E-state index in [2.05, 4.69) is 10.2 Å². The van der Waals surface area contributed by atoms with Gasteiger partial charge in [-0.1, -0.05) is 30.3 Å². The predicted molar refractivity (Wildman–Crippen MR) is 112 cm³/mol. The molecule has 30 heavy (non-hydrogen) atoms. The third kappa shape index (κ3) is 5.50. The molecular weight excluding hydrogens is 386 g/mol. The van der Waals surface area contributed by atoms with E-state index in [4.69, 9.17) is 9.47 Å². The summed E-state index contributed by atoms with van der Waals surface area (Å²) in [5.74, 6) is -0.479. The summed E-state index contributed by atoms with van der Waals surface area (Å²) in [5.41, 5.74) is 1.45. The second-order valence-corrected chi connectivity index (χ2v) is 6.75. The fourth-order valence-electron chi connectivity index (χ4n) is 3.22. The van der Waals surface area contributed by atoms with Gasteiger partial charge in [0, 0.05) is 31.7 Å². The Morgan fingerprint density at radius 2 is 1.60 bits per heavy atom. The number of ether oxygens (including phenoxy) is 2. The highest BCUT2D eigenvalue weighted by Crippen LogP contribution is 2.28. The van der Waals surface area contributed by atoms with Crippen molar-refractivity contribution in [1.82, 2.24) is 10.2 Å². The number of amides is 2. The van der Waals surface area contributed by atoms with Crippen molar-refractivity contribution in [2.75, 3.05) is 51.3 Å². The third-order valence-corrected chi connectivity index (χ3v) is 4.84. The van der Waals surface area contributed by atoms with Crippen LogP contribution in [0.1, 0.15) is 10.4 Å². The first-order valence-electron chi connectivity index (χ1n) is 9.73. The molecule has 3 rings (SSSR count). The molecule has 2 amide bonds. The van der Waals surface area contributed by atoms with Crippen LogP contribution < -0.4 is 15.0 Å². The average molecular weight is 411 g/mol. The maximum Gasteiger partial charge on any atom is 0.325 e. The fourth-order valence-corrected chi connectivity index (χ4v) is 3.22. The van der Waals surface area contributed by atoms with Gasteiger partial charge in [-0.25, -0.2) is 0 Å². The number of hydrogen-bond donors (Lipinski definition) is 1. The van der Waals surface area contributed by atoms with Gasteiger partial charge in [-0.05, 0) is 24.3 Å². The maximum atomic E-state index is 12.3. The quantitative estimate of drug-likeness (QED) is 0.692. The molecule has 158 valence electrons. The smallest absolute Gasteiger partial charge is 0.325 e. The largest absolute Gasteiger partial charge is 0.495 e. The molecule has 1 N–H and O–H groups in total. The van der Waals surface area contributed by atoms with E-state index in [1.807, 2.05) is 24.3 Å². The number of para-hydroxylation sites is 2. The molecule has 0 radical (unpaired) electrons. The van der Waals surface area contributed by atoms with Gasteiger partial charge >= 0.3 is 5.97 Å². The molecule has 8 heteroatoms. The molecule has 1 fully saturated rings. The van der Waals surface area contributed by atoms with Gasteiger partial charge in [0.1, 0.15) is 12.3 Å². The number of rotatable bonds is 7. The minimum atomic E-state index is -0.653. The van der Waals surface area contributed by atoms with Crippen LogP contribution in [0.4, 0.5) is 5.69 Å². The second kappa shape index (κ2) is 10.3. The van der Waals surface area contributed by atoms with Crippen molar-refractivity contribution in [3.8, 4) is 5.75 Å². The highest BCUT2D eigenvalue weighted by Gasteiger charge is 2.23. The lowest BCUT2D eigenvalue weighted by Crippen LogP contribution is -2.50. The standard InChI is InChI=1S/C22H25N3O5/c1-29-19-10-6-5-9-18(19)24-11-13-25(14-12-24)20(26)16-30-21(27)15-23-22(28)17-7-3-2-4-8-17/h2-10H,11-16H2,1H3,(H,23,28). The molecule has 0 spiro atoms. The molecule has 1 saturated heterocycles. The lowest BCUT2D eigenvalue weighted by atomic mass is 10.2. The first-order chi connectivity index (χ1) is 14.6. The monoisotopic (exact) mass is 411 g/mol. The second-order valence-electron chi connectivity index (χ2n) is 6.75. The lowest BCUT2D eigenvalue weighted by molar-refractivity contribution is -0.151. The van der Waals surface area contributed by atoms with Gasteiger partial charge in [0.05, 0.1) is 12.8 Å². The fraction of sp³-hybridized carbons (Fsp3) is 0.318. The Morgan fingerprint density at radius 3 is 2.30 bits per heavy atom. The van der Waals surface area contributed by atoms with Gasteiger partial charge in [-0.2, -0.15) is 0 Å². The lowest BCUT2D eigenvalue weighted by Gasteiger charge is -2.36. The zero-order chi connectivity index (χ0) is 21.3. The summed E-state index contributed by atoms with van der Waals surface area (Å²) >= 11 is 0. The van der Waals surface area contributed by atoms with Gasteiger partial charge in [-0.3, -0.25) is 14.4 Å². The SMILES string of the molecule is COc1ccccc1N1CCN(C(=O)COC(=O)CNC(=O)c2ccccc2)CC1. The van der Waals surface area contributed by atoms with Gasteiger partial charge in [0.15, 0.2) is 6.61 Å². The van der Waals surface area contributed by atoms with Crippen molar-refractivity contribution in [1.29, 1.82) is 0 Å². The zero-order valence-electron chi connectivity index (χ0n) is 16.9. The van der Waals surface area contributed by atoms with Gasteiger partial charge in [-0.15, -0.1) is 0 Å². The van der Waals surface area contributed by atoms with Gasteiger partial charge in [0.25, 0.3) is 11.8 Å². The Hall–Kier alpha value is -3.55. The number of anilines is 1. The van der Waals surface area contributed by atoms with Crippen molar-refractivity contribution < 1.29 is 23.9 Å². The summed E-state index contributed by atoms with van der Waals surface area (Å²) in [7, 11) is 1.63. The molecule has 2 aromatic rings. The summed E-state index contributed by atoms with van der Waals surface area (Å²) in [6.07, 6.45) is 0. The maximum absolute atomic E-state index is 12.3. The number of hydrogen-bond acceptors (Lipinski definition) is 6. The van der Waals surface area contributed by atoms with E-state index in [0.717, 1.165) is 11.4 Å². The highest BCUT2D eigenvalue weighted by atomic mass is 16.5. The van der Waals surface area contributed by atoms with Gasteiger partial charge < -0.3 is 24.6 Å². The molecule has 1 aliphatic rings. The summed E-state index contributed by atoms with van der Waals surface area (Å²) < 4.78 is 10.4. The topological polar surface area (TPSA) is 88.2 Å². The molecular formula is C22H25N3O5. The molecule has 1 aliphatic heterocycles. The molecule has 0 aliphatic carbocycles. The number of nitrogens with one attached hydrogen (secondary N) is 1. The molecule has 0 bridgehead atoms.